The summed E-state index contributed by atoms with van der Waals surface area (Å²) in [6, 6.07) is 8.77. The van der Waals surface area contributed by atoms with Gasteiger partial charge < -0.3 is 15.2 Å². The number of rotatable bonds is 5. The van der Waals surface area contributed by atoms with Crippen molar-refractivity contribution in [2.24, 2.45) is 0 Å². The second kappa shape index (κ2) is 6.95. The van der Waals surface area contributed by atoms with Gasteiger partial charge in [0.2, 0.25) is 5.88 Å². The number of anilines is 1. The Labute approximate surface area is 127 Å². The fourth-order valence-corrected chi connectivity index (χ4v) is 1.91. The minimum Gasteiger partial charge on any atom is -0.473 e. The number of benzene rings is 1. The molecule has 110 valence electrons. The largest absolute Gasteiger partial charge is 0.473 e. The van der Waals surface area contributed by atoms with Crippen LogP contribution in [0.25, 0.3) is 0 Å². The molecule has 21 heavy (non-hydrogen) atoms. The van der Waals surface area contributed by atoms with Gasteiger partial charge in [0, 0.05) is 11.1 Å². The number of pyridine rings is 1. The second-order valence-corrected chi connectivity index (χ2v) is 4.69. The summed E-state index contributed by atoms with van der Waals surface area (Å²) in [5.74, 6) is -0.197. The number of aromatic nitrogens is 1. The van der Waals surface area contributed by atoms with E-state index in [1.807, 2.05) is 12.1 Å². The fourth-order valence-electron chi connectivity index (χ4n) is 1.70. The standard InChI is InChI=1S/C15H15ClN2O3/c1-2-20-15(19)12-7-14(18-8-13(12)17)21-9-10-4-3-5-11(16)6-10/h3-8H,2,9,17H2,1H3. The highest BCUT2D eigenvalue weighted by atomic mass is 35.5. The molecule has 0 amide bonds. The predicted molar refractivity (Wildman–Crippen MR) is 80.4 cm³/mol. The van der Waals surface area contributed by atoms with Crippen LogP contribution in [0.3, 0.4) is 0 Å². The van der Waals surface area contributed by atoms with E-state index in [4.69, 9.17) is 26.8 Å². The zero-order valence-electron chi connectivity index (χ0n) is 11.5. The Morgan fingerprint density at radius 2 is 2.19 bits per heavy atom. The Kier molecular flexibility index (Phi) is 5.00. The van der Waals surface area contributed by atoms with Crippen molar-refractivity contribution in [3.63, 3.8) is 0 Å². The number of carbonyl (C=O) groups excluding carboxylic acids is 1. The van der Waals surface area contributed by atoms with Crippen molar-refractivity contribution in [2.75, 3.05) is 12.3 Å². The lowest BCUT2D eigenvalue weighted by molar-refractivity contribution is 0.0527. The molecule has 0 aliphatic carbocycles. The Morgan fingerprint density at radius 1 is 1.38 bits per heavy atom. The molecule has 6 heteroatoms. The van der Waals surface area contributed by atoms with E-state index in [0.717, 1.165) is 5.56 Å². The maximum absolute atomic E-state index is 11.7. The summed E-state index contributed by atoms with van der Waals surface area (Å²) in [5, 5.41) is 0.633. The molecule has 1 aromatic carbocycles. The van der Waals surface area contributed by atoms with Crippen molar-refractivity contribution in [2.45, 2.75) is 13.5 Å². The maximum Gasteiger partial charge on any atom is 0.340 e. The molecule has 0 aliphatic rings. The molecule has 0 atom stereocenters. The minimum absolute atomic E-state index is 0.243. The van der Waals surface area contributed by atoms with Gasteiger partial charge in [0.15, 0.2) is 0 Å². The summed E-state index contributed by atoms with van der Waals surface area (Å²) in [4.78, 5) is 15.8. The first-order valence-corrected chi connectivity index (χ1v) is 6.78. The fraction of sp³-hybridized carbons (Fsp3) is 0.200. The highest BCUT2D eigenvalue weighted by Crippen LogP contribution is 2.19. The molecule has 2 aromatic rings. The third-order valence-corrected chi connectivity index (χ3v) is 2.92. The molecule has 1 aromatic heterocycles. The van der Waals surface area contributed by atoms with Gasteiger partial charge in [-0.2, -0.15) is 0 Å². The zero-order valence-corrected chi connectivity index (χ0v) is 12.3. The topological polar surface area (TPSA) is 74.4 Å². The Morgan fingerprint density at radius 3 is 2.90 bits per heavy atom. The molecule has 1 heterocycles. The van der Waals surface area contributed by atoms with Crippen molar-refractivity contribution < 1.29 is 14.3 Å². The van der Waals surface area contributed by atoms with Crippen LogP contribution in [0.5, 0.6) is 5.88 Å². The molecule has 2 rings (SSSR count). The molecule has 0 saturated carbocycles. The quantitative estimate of drug-likeness (QED) is 0.859. The Bertz CT molecular complexity index is 647. The lowest BCUT2D eigenvalue weighted by Gasteiger charge is -2.09. The summed E-state index contributed by atoms with van der Waals surface area (Å²) in [6.07, 6.45) is 1.37. The predicted octanol–water partition coefficient (Wildman–Crippen LogP) is 3.07. The molecule has 0 aliphatic heterocycles. The number of nitrogen functional groups attached to an aromatic ring is 1. The average Bonchev–Trinajstić information content (AvgIpc) is 2.46. The first-order valence-electron chi connectivity index (χ1n) is 6.40. The first-order chi connectivity index (χ1) is 10.1. The van der Waals surface area contributed by atoms with E-state index in [9.17, 15) is 4.79 Å². The lowest BCUT2D eigenvalue weighted by atomic mass is 10.2. The summed E-state index contributed by atoms with van der Waals surface area (Å²) in [7, 11) is 0. The van der Waals surface area contributed by atoms with Crippen molar-refractivity contribution in [1.29, 1.82) is 0 Å². The van der Waals surface area contributed by atoms with Crippen LogP contribution in [0.4, 0.5) is 5.69 Å². The summed E-state index contributed by atoms with van der Waals surface area (Å²) in [6.45, 7) is 2.30. The van der Waals surface area contributed by atoms with Crippen LogP contribution in [0.2, 0.25) is 5.02 Å². The third kappa shape index (κ3) is 4.10. The van der Waals surface area contributed by atoms with E-state index in [-0.39, 0.29) is 17.9 Å². The maximum atomic E-state index is 11.7. The van der Waals surface area contributed by atoms with Gasteiger partial charge in [-0.05, 0) is 24.6 Å². The van der Waals surface area contributed by atoms with Gasteiger partial charge in [-0.25, -0.2) is 9.78 Å². The normalized spacial score (nSPS) is 10.2. The Hall–Kier alpha value is -2.27. The van der Waals surface area contributed by atoms with Gasteiger partial charge in [0.25, 0.3) is 0 Å². The molecular formula is C15H15ClN2O3. The molecule has 0 saturated heterocycles. The van der Waals surface area contributed by atoms with Gasteiger partial charge in [0.1, 0.15) is 6.61 Å². The van der Waals surface area contributed by atoms with Gasteiger partial charge >= 0.3 is 5.97 Å². The SMILES string of the molecule is CCOC(=O)c1cc(OCc2cccc(Cl)c2)ncc1N. The van der Waals surface area contributed by atoms with Crippen LogP contribution in [0, 0.1) is 0 Å². The van der Waals surface area contributed by atoms with Gasteiger partial charge in [0.05, 0.1) is 24.1 Å². The number of hydrogen-bond acceptors (Lipinski definition) is 5. The average molecular weight is 307 g/mol. The monoisotopic (exact) mass is 306 g/mol. The van der Waals surface area contributed by atoms with Gasteiger partial charge in [-0.15, -0.1) is 0 Å². The van der Waals surface area contributed by atoms with Gasteiger partial charge in [-0.3, -0.25) is 0 Å². The molecule has 0 spiro atoms. The highest BCUT2D eigenvalue weighted by molar-refractivity contribution is 6.30. The van der Waals surface area contributed by atoms with E-state index in [1.165, 1.54) is 12.3 Å². The van der Waals surface area contributed by atoms with E-state index in [1.54, 1.807) is 19.1 Å². The van der Waals surface area contributed by atoms with Crippen LogP contribution < -0.4 is 10.5 Å². The summed E-state index contributed by atoms with van der Waals surface area (Å²) in [5.41, 5.74) is 7.11. The third-order valence-electron chi connectivity index (χ3n) is 2.68. The number of hydrogen-bond donors (Lipinski definition) is 1. The summed E-state index contributed by atoms with van der Waals surface area (Å²) >= 11 is 5.90. The second-order valence-electron chi connectivity index (χ2n) is 4.25. The first kappa shape index (κ1) is 15.1. The van der Waals surface area contributed by atoms with Crippen LogP contribution in [0.1, 0.15) is 22.8 Å². The number of ether oxygens (including phenoxy) is 2. The van der Waals surface area contributed by atoms with Crippen molar-refractivity contribution in [1.82, 2.24) is 4.98 Å². The van der Waals surface area contributed by atoms with Crippen molar-refractivity contribution in [3.05, 3.63) is 52.7 Å². The molecule has 0 radical (unpaired) electrons. The molecule has 0 fully saturated rings. The smallest absolute Gasteiger partial charge is 0.340 e. The Balaban J connectivity index is 2.10. The number of nitrogens with zero attached hydrogens (tertiary/aromatic N) is 1. The van der Waals surface area contributed by atoms with E-state index in [2.05, 4.69) is 4.98 Å². The molecule has 0 unspecified atom stereocenters. The van der Waals surface area contributed by atoms with Crippen molar-refractivity contribution >= 4 is 23.3 Å². The van der Waals surface area contributed by atoms with E-state index in [0.29, 0.717) is 17.5 Å². The number of halogens is 1. The molecule has 2 N–H and O–H groups in total. The zero-order chi connectivity index (χ0) is 15.2. The van der Waals surface area contributed by atoms with E-state index < -0.39 is 5.97 Å². The lowest BCUT2D eigenvalue weighted by Crippen LogP contribution is -2.09. The van der Waals surface area contributed by atoms with Crippen LogP contribution >= 0.6 is 11.6 Å². The number of carbonyl (C=O) groups is 1. The molecule has 5 nitrogen and oxygen atoms in total. The number of esters is 1. The van der Waals surface area contributed by atoms with Crippen LogP contribution in [-0.4, -0.2) is 17.6 Å². The van der Waals surface area contributed by atoms with Crippen LogP contribution in [-0.2, 0) is 11.3 Å². The molecule has 0 bridgehead atoms. The van der Waals surface area contributed by atoms with Gasteiger partial charge in [-0.1, -0.05) is 23.7 Å². The van der Waals surface area contributed by atoms with Crippen molar-refractivity contribution in [3.8, 4) is 5.88 Å². The summed E-state index contributed by atoms with van der Waals surface area (Å²) < 4.78 is 10.5. The van der Waals surface area contributed by atoms with E-state index >= 15 is 0 Å². The highest BCUT2D eigenvalue weighted by Gasteiger charge is 2.13. The molecular weight excluding hydrogens is 292 g/mol. The number of nitrogens with two attached hydrogens (primary N) is 1. The minimum atomic E-state index is -0.495. The van der Waals surface area contributed by atoms with Crippen LogP contribution in [0.15, 0.2) is 36.5 Å².